The zero-order valence-corrected chi connectivity index (χ0v) is 14.6. The van der Waals surface area contributed by atoms with Crippen LogP contribution >= 0.6 is 0 Å². The van der Waals surface area contributed by atoms with Crippen LogP contribution in [0.3, 0.4) is 0 Å². The van der Waals surface area contributed by atoms with E-state index in [2.05, 4.69) is 35.2 Å². The Morgan fingerprint density at radius 2 is 1.84 bits per heavy atom. The van der Waals surface area contributed by atoms with E-state index in [1.807, 2.05) is 42.9 Å². The second kappa shape index (κ2) is 6.20. The molecule has 1 aliphatic rings. The molecule has 0 N–H and O–H groups in total. The lowest BCUT2D eigenvalue weighted by atomic mass is 10.0. The lowest BCUT2D eigenvalue weighted by Crippen LogP contribution is -2.27. The van der Waals surface area contributed by atoms with Gasteiger partial charge >= 0.3 is 0 Å². The maximum Gasteiger partial charge on any atom is 0.261 e. The number of hydrogen-bond donors (Lipinski definition) is 0. The third kappa shape index (κ3) is 2.84. The summed E-state index contributed by atoms with van der Waals surface area (Å²) in [5.41, 5.74) is 4.28. The molecule has 0 saturated heterocycles. The largest absolute Gasteiger partial charge is 0.378 e. The number of hydrogen-bond acceptors (Lipinski definition) is 3. The number of allylic oxidation sites excluding steroid dienone is 1. The fourth-order valence-electron chi connectivity index (χ4n) is 3.37. The second-order valence-corrected chi connectivity index (χ2v) is 6.67. The third-order valence-electron chi connectivity index (χ3n) is 4.73. The van der Waals surface area contributed by atoms with Crippen molar-refractivity contribution in [1.29, 1.82) is 0 Å². The molecular weight excluding hydrogens is 310 g/mol. The van der Waals surface area contributed by atoms with Crippen LogP contribution in [0.4, 0.5) is 5.69 Å². The van der Waals surface area contributed by atoms with Gasteiger partial charge in [0.05, 0.1) is 10.9 Å². The van der Waals surface area contributed by atoms with Crippen LogP contribution in [0.5, 0.6) is 0 Å². The topological polar surface area (TPSA) is 38.1 Å². The average Bonchev–Trinajstić information content (AvgIpc) is 2.63. The first-order valence-electron chi connectivity index (χ1n) is 8.61. The monoisotopic (exact) mass is 331 g/mol. The average molecular weight is 331 g/mol. The van der Waals surface area contributed by atoms with Crippen molar-refractivity contribution in [3.05, 3.63) is 70.3 Å². The zero-order valence-electron chi connectivity index (χ0n) is 14.6. The Hall–Kier alpha value is -2.88. The van der Waals surface area contributed by atoms with Gasteiger partial charge in [-0.3, -0.25) is 9.36 Å². The molecule has 1 aromatic heterocycles. The summed E-state index contributed by atoms with van der Waals surface area (Å²) < 4.78 is 1.83. The fourth-order valence-corrected chi connectivity index (χ4v) is 3.37. The van der Waals surface area contributed by atoms with Crippen LogP contribution in [-0.4, -0.2) is 23.6 Å². The van der Waals surface area contributed by atoms with Gasteiger partial charge in [-0.05, 0) is 54.3 Å². The van der Waals surface area contributed by atoms with E-state index < -0.39 is 0 Å². The number of para-hydroxylation sites is 1. The first-order valence-corrected chi connectivity index (χ1v) is 8.61. The molecule has 4 nitrogen and oxygen atoms in total. The van der Waals surface area contributed by atoms with E-state index in [4.69, 9.17) is 4.98 Å². The molecule has 0 unspecified atom stereocenters. The van der Waals surface area contributed by atoms with E-state index in [0.29, 0.717) is 5.39 Å². The Kier molecular flexibility index (Phi) is 3.88. The molecule has 2 heterocycles. The molecule has 25 heavy (non-hydrogen) atoms. The van der Waals surface area contributed by atoms with E-state index in [0.717, 1.165) is 41.9 Å². The Labute approximate surface area is 147 Å². The van der Waals surface area contributed by atoms with Crippen LogP contribution in [0.2, 0.25) is 0 Å². The number of benzene rings is 2. The molecule has 0 radical (unpaired) electrons. The highest BCUT2D eigenvalue weighted by molar-refractivity contribution is 5.84. The standard InChI is InChI=1S/C21H21N3O/c1-23(2)17-11-9-15(10-12-17)14-16-6-5-13-24-20(16)22-19-8-4-3-7-18(19)21(24)25/h3-4,7-12,14H,5-6,13H2,1-2H3/b16-14+. The van der Waals surface area contributed by atoms with Gasteiger partial charge in [-0.15, -0.1) is 0 Å². The SMILES string of the molecule is CN(C)c1ccc(/C=C2\CCCn3c2nc2ccccc2c3=O)cc1. The quantitative estimate of drug-likeness (QED) is 0.717. The van der Waals surface area contributed by atoms with Gasteiger partial charge in [-0.1, -0.05) is 24.3 Å². The Morgan fingerprint density at radius 1 is 1.08 bits per heavy atom. The van der Waals surface area contributed by atoms with E-state index in [1.165, 1.54) is 5.69 Å². The minimum absolute atomic E-state index is 0.0640. The predicted octanol–water partition coefficient (Wildman–Crippen LogP) is 3.80. The number of anilines is 1. The van der Waals surface area contributed by atoms with Crippen molar-refractivity contribution in [2.45, 2.75) is 19.4 Å². The summed E-state index contributed by atoms with van der Waals surface area (Å²) in [4.78, 5) is 19.7. The van der Waals surface area contributed by atoms with Crippen LogP contribution in [0.25, 0.3) is 22.6 Å². The molecule has 3 aromatic rings. The van der Waals surface area contributed by atoms with Crippen molar-refractivity contribution < 1.29 is 0 Å². The highest BCUT2D eigenvalue weighted by Crippen LogP contribution is 2.27. The molecule has 4 rings (SSSR count). The smallest absolute Gasteiger partial charge is 0.261 e. The van der Waals surface area contributed by atoms with E-state index in [1.54, 1.807) is 0 Å². The van der Waals surface area contributed by atoms with Crippen LogP contribution in [0, 0.1) is 0 Å². The maximum atomic E-state index is 12.8. The lowest BCUT2D eigenvalue weighted by molar-refractivity contribution is 0.587. The van der Waals surface area contributed by atoms with Crippen molar-refractivity contribution in [2.75, 3.05) is 19.0 Å². The molecule has 0 atom stereocenters. The minimum atomic E-state index is 0.0640. The van der Waals surface area contributed by atoms with Gasteiger partial charge in [0, 0.05) is 26.3 Å². The summed E-state index contributed by atoms with van der Waals surface area (Å²) >= 11 is 0. The maximum absolute atomic E-state index is 12.8. The van der Waals surface area contributed by atoms with Crippen molar-refractivity contribution in [2.24, 2.45) is 0 Å². The molecule has 4 heteroatoms. The van der Waals surface area contributed by atoms with Crippen molar-refractivity contribution >= 4 is 28.2 Å². The normalized spacial score (nSPS) is 15.4. The molecule has 0 amide bonds. The predicted molar refractivity (Wildman–Crippen MR) is 104 cm³/mol. The van der Waals surface area contributed by atoms with Crippen LogP contribution in [-0.2, 0) is 6.54 Å². The van der Waals surface area contributed by atoms with Gasteiger partial charge in [0.25, 0.3) is 5.56 Å². The molecule has 0 spiro atoms. The van der Waals surface area contributed by atoms with Gasteiger partial charge in [0.1, 0.15) is 5.82 Å². The van der Waals surface area contributed by atoms with Crippen LogP contribution in [0.15, 0.2) is 53.3 Å². The fraction of sp³-hybridized carbons (Fsp3) is 0.238. The van der Waals surface area contributed by atoms with E-state index in [-0.39, 0.29) is 5.56 Å². The number of nitrogens with zero attached hydrogens (tertiary/aromatic N) is 3. The molecule has 2 aromatic carbocycles. The summed E-state index contributed by atoms with van der Waals surface area (Å²) in [6, 6.07) is 16.0. The van der Waals surface area contributed by atoms with Gasteiger partial charge < -0.3 is 4.90 Å². The van der Waals surface area contributed by atoms with Gasteiger partial charge in [-0.2, -0.15) is 0 Å². The minimum Gasteiger partial charge on any atom is -0.378 e. The molecule has 0 aliphatic carbocycles. The first-order chi connectivity index (χ1) is 12.1. The molecule has 0 bridgehead atoms. The molecular formula is C21H21N3O. The van der Waals surface area contributed by atoms with Gasteiger partial charge in [0.2, 0.25) is 0 Å². The zero-order chi connectivity index (χ0) is 17.4. The van der Waals surface area contributed by atoms with E-state index >= 15 is 0 Å². The lowest BCUT2D eigenvalue weighted by Gasteiger charge is -2.21. The molecule has 126 valence electrons. The number of fused-ring (bicyclic) bond motifs is 2. The van der Waals surface area contributed by atoms with Crippen molar-refractivity contribution in [1.82, 2.24) is 9.55 Å². The summed E-state index contributed by atoms with van der Waals surface area (Å²) in [6.45, 7) is 0.739. The molecule has 0 fully saturated rings. The summed E-state index contributed by atoms with van der Waals surface area (Å²) in [6.07, 6.45) is 4.07. The number of aromatic nitrogens is 2. The number of rotatable bonds is 2. The highest BCUT2D eigenvalue weighted by atomic mass is 16.1. The van der Waals surface area contributed by atoms with Crippen LogP contribution < -0.4 is 10.5 Å². The summed E-state index contributed by atoms with van der Waals surface area (Å²) in [5, 5.41) is 0.697. The van der Waals surface area contributed by atoms with Gasteiger partial charge in [0.15, 0.2) is 0 Å². The third-order valence-corrected chi connectivity index (χ3v) is 4.73. The summed E-state index contributed by atoms with van der Waals surface area (Å²) in [5.74, 6) is 0.812. The van der Waals surface area contributed by atoms with Crippen molar-refractivity contribution in [3.8, 4) is 0 Å². The molecule has 1 aliphatic heterocycles. The highest BCUT2D eigenvalue weighted by Gasteiger charge is 2.18. The van der Waals surface area contributed by atoms with Crippen LogP contribution in [0.1, 0.15) is 24.2 Å². The summed E-state index contributed by atoms with van der Waals surface area (Å²) in [7, 11) is 4.07. The Balaban J connectivity index is 1.82. The first kappa shape index (κ1) is 15.6. The Bertz CT molecular complexity index is 1010. The van der Waals surface area contributed by atoms with Gasteiger partial charge in [-0.25, -0.2) is 4.98 Å². The molecule has 0 saturated carbocycles. The second-order valence-electron chi connectivity index (χ2n) is 6.67. The van der Waals surface area contributed by atoms with E-state index in [9.17, 15) is 4.79 Å². The van der Waals surface area contributed by atoms with Crippen molar-refractivity contribution in [3.63, 3.8) is 0 Å². The Morgan fingerprint density at radius 3 is 2.60 bits per heavy atom.